The first-order valence-electron chi connectivity index (χ1n) is 2.93. The van der Waals surface area contributed by atoms with Crippen LogP contribution in [0.15, 0.2) is 0 Å². The number of hydrogen-bond donors (Lipinski definition) is 3. The summed E-state index contributed by atoms with van der Waals surface area (Å²) < 4.78 is 0. The van der Waals surface area contributed by atoms with Crippen molar-refractivity contribution in [1.82, 2.24) is 5.32 Å². The first-order valence-corrected chi connectivity index (χ1v) is 2.93. The van der Waals surface area contributed by atoms with Crippen molar-refractivity contribution in [3.8, 4) is 0 Å². The molecule has 5 nitrogen and oxygen atoms in total. The Hall–Kier alpha value is -1.10. The lowest BCUT2D eigenvalue weighted by molar-refractivity contribution is -0.121. The molecule has 5 heteroatoms. The molecule has 10 heavy (non-hydrogen) atoms. The Balaban J connectivity index is 3.73. The number of rotatable bonds is 2. The van der Waals surface area contributed by atoms with E-state index in [0.29, 0.717) is 6.42 Å². The molecule has 0 unspecified atom stereocenters. The lowest BCUT2D eigenvalue weighted by atomic mass is 10.2. The van der Waals surface area contributed by atoms with E-state index in [0.717, 1.165) is 0 Å². The lowest BCUT2D eigenvalue weighted by Crippen LogP contribution is -2.45. The zero-order chi connectivity index (χ0) is 8.15. The summed E-state index contributed by atoms with van der Waals surface area (Å²) >= 11 is 0. The molecule has 0 saturated carbocycles. The smallest absolute Gasteiger partial charge is 0.318 e. The molecule has 0 aliphatic carbocycles. The SMILES string of the molecule is CC[C@@H](N)C(=O)NC(N)=O. The van der Waals surface area contributed by atoms with Gasteiger partial charge in [0.25, 0.3) is 0 Å². The minimum absolute atomic E-state index is 0.485. The van der Waals surface area contributed by atoms with E-state index >= 15 is 0 Å². The van der Waals surface area contributed by atoms with Crippen molar-refractivity contribution in [3.63, 3.8) is 0 Å². The second-order valence-corrected chi connectivity index (χ2v) is 1.87. The largest absolute Gasteiger partial charge is 0.351 e. The first-order chi connectivity index (χ1) is 4.57. The molecule has 0 spiro atoms. The van der Waals surface area contributed by atoms with Gasteiger partial charge in [0.2, 0.25) is 5.91 Å². The predicted molar refractivity (Wildman–Crippen MR) is 36.0 cm³/mol. The quantitative estimate of drug-likeness (QED) is 0.461. The third kappa shape index (κ3) is 3.03. The Morgan fingerprint density at radius 3 is 2.40 bits per heavy atom. The van der Waals surface area contributed by atoms with Gasteiger partial charge < -0.3 is 11.5 Å². The number of nitrogens with one attached hydrogen (secondary N) is 1. The van der Waals surface area contributed by atoms with Crippen molar-refractivity contribution in [3.05, 3.63) is 0 Å². The van der Waals surface area contributed by atoms with Crippen molar-refractivity contribution in [2.24, 2.45) is 11.5 Å². The molecule has 0 radical (unpaired) electrons. The molecule has 0 aromatic carbocycles. The lowest BCUT2D eigenvalue weighted by Gasteiger charge is -2.05. The van der Waals surface area contributed by atoms with Crippen LogP contribution in [0.25, 0.3) is 0 Å². The Bertz CT molecular complexity index is 146. The molecule has 58 valence electrons. The van der Waals surface area contributed by atoms with Gasteiger partial charge in [0.05, 0.1) is 6.04 Å². The number of carbonyl (C=O) groups is 2. The molecule has 0 rings (SSSR count). The molecule has 0 heterocycles. The summed E-state index contributed by atoms with van der Waals surface area (Å²) in [5.41, 5.74) is 9.90. The summed E-state index contributed by atoms with van der Waals surface area (Å²) in [6.45, 7) is 1.74. The standard InChI is InChI=1S/C5H11N3O2/c1-2-3(6)4(9)8-5(7)10/h3H,2,6H2,1H3,(H3,7,8,9,10)/t3-/m1/s1. The van der Waals surface area contributed by atoms with Gasteiger partial charge in [0, 0.05) is 0 Å². The molecule has 3 amide bonds. The molecule has 0 aliphatic rings. The van der Waals surface area contributed by atoms with Crippen LogP contribution in [0.5, 0.6) is 0 Å². The van der Waals surface area contributed by atoms with Crippen LogP contribution in [-0.4, -0.2) is 18.0 Å². The van der Waals surface area contributed by atoms with E-state index in [1.165, 1.54) is 0 Å². The fourth-order valence-corrected chi connectivity index (χ4v) is 0.400. The van der Waals surface area contributed by atoms with Crippen LogP contribution >= 0.6 is 0 Å². The van der Waals surface area contributed by atoms with E-state index in [1.807, 2.05) is 5.32 Å². The average molecular weight is 145 g/mol. The molecule has 1 atom stereocenters. The monoisotopic (exact) mass is 145 g/mol. The Morgan fingerprint density at radius 1 is 1.60 bits per heavy atom. The predicted octanol–water partition coefficient (Wildman–Crippen LogP) is -1.08. The molecule has 0 aromatic rings. The summed E-state index contributed by atoms with van der Waals surface area (Å²) in [6, 6.07) is -1.51. The second kappa shape index (κ2) is 3.84. The van der Waals surface area contributed by atoms with Crippen LogP contribution in [0.4, 0.5) is 4.79 Å². The highest BCUT2D eigenvalue weighted by Gasteiger charge is 2.11. The maximum absolute atomic E-state index is 10.6. The summed E-state index contributed by atoms with van der Waals surface area (Å²) in [5, 5.41) is 1.87. The van der Waals surface area contributed by atoms with E-state index in [4.69, 9.17) is 5.73 Å². The summed E-state index contributed by atoms with van der Waals surface area (Å²) in [5.74, 6) is -0.532. The number of hydrogen-bond acceptors (Lipinski definition) is 3. The fraction of sp³-hybridized carbons (Fsp3) is 0.600. The molecular formula is C5H11N3O2. The zero-order valence-electron chi connectivity index (χ0n) is 5.76. The first kappa shape index (κ1) is 8.90. The third-order valence-electron chi connectivity index (χ3n) is 1.02. The molecule has 5 N–H and O–H groups in total. The molecular weight excluding hydrogens is 134 g/mol. The number of nitrogens with two attached hydrogens (primary N) is 2. The van der Waals surface area contributed by atoms with E-state index in [2.05, 4.69) is 5.73 Å². The van der Waals surface area contributed by atoms with Crippen molar-refractivity contribution in [1.29, 1.82) is 0 Å². The summed E-state index contributed by atoms with van der Waals surface area (Å²) in [6.07, 6.45) is 0.485. The van der Waals surface area contributed by atoms with E-state index < -0.39 is 18.0 Å². The molecule has 0 saturated heterocycles. The van der Waals surface area contributed by atoms with Crippen LogP contribution in [0.2, 0.25) is 0 Å². The van der Waals surface area contributed by atoms with E-state index in [1.54, 1.807) is 6.92 Å². The number of urea groups is 1. The minimum Gasteiger partial charge on any atom is -0.351 e. The van der Waals surface area contributed by atoms with Crippen molar-refractivity contribution in [2.75, 3.05) is 0 Å². The maximum Gasteiger partial charge on any atom is 0.318 e. The molecule has 0 fully saturated rings. The highest BCUT2D eigenvalue weighted by Crippen LogP contribution is 1.83. The zero-order valence-corrected chi connectivity index (χ0v) is 5.76. The molecule has 0 aromatic heterocycles. The highest BCUT2D eigenvalue weighted by atomic mass is 16.2. The van der Waals surface area contributed by atoms with E-state index in [-0.39, 0.29) is 0 Å². The van der Waals surface area contributed by atoms with Gasteiger partial charge in [-0.05, 0) is 6.42 Å². The second-order valence-electron chi connectivity index (χ2n) is 1.87. The highest BCUT2D eigenvalue weighted by molar-refractivity contribution is 5.96. The topological polar surface area (TPSA) is 98.2 Å². The van der Waals surface area contributed by atoms with Crippen LogP contribution in [0.1, 0.15) is 13.3 Å². The van der Waals surface area contributed by atoms with Crippen LogP contribution < -0.4 is 16.8 Å². The van der Waals surface area contributed by atoms with Crippen molar-refractivity contribution in [2.45, 2.75) is 19.4 Å². The van der Waals surface area contributed by atoms with Gasteiger partial charge in [0.1, 0.15) is 0 Å². The number of primary amides is 1. The average Bonchev–Trinajstić information content (AvgIpc) is 1.85. The Morgan fingerprint density at radius 2 is 2.10 bits per heavy atom. The Labute approximate surface area is 58.8 Å². The van der Waals surface area contributed by atoms with E-state index in [9.17, 15) is 9.59 Å². The minimum atomic E-state index is -0.867. The van der Waals surface area contributed by atoms with Gasteiger partial charge in [-0.15, -0.1) is 0 Å². The third-order valence-corrected chi connectivity index (χ3v) is 1.02. The van der Waals surface area contributed by atoms with Gasteiger partial charge in [-0.25, -0.2) is 4.79 Å². The molecule has 0 bridgehead atoms. The fourth-order valence-electron chi connectivity index (χ4n) is 0.400. The van der Waals surface area contributed by atoms with Gasteiger partial charge >= 0.3 is 6.03 Å². The van der Waals surface area contributed by atoms with Crippen LogP contribution in [0, 0.1) is 0 Å². The van der Waals surface area contributed by atoms with Crippen LogP contribution in [-0.2, 0) is 4.79 Å². The number of amides is 3. The normalized spacial score (nSPS) is 12.2. The van der Waals surface area contributed by atoms with Crippen LogP contribution in [0.3, 0.4) is 0 Å². The summed E-state index contributed by atoms with van der Waals surface area (Å²) in [4.78, 5) is 20.7. The summed E-state index contributed by atoms with van der Waals surface area (Å²) in [7, 11) is 0. The van der Waals surface area contributed by atoms with Gasteiger partial charge in [0.15, 0.2) is 0 Å². The number of imide groups is 1. The van der Waals surface area contributed by atoms with Crippen molar-refractivity contribution >= 4 is 11.9 Å². The van der Waals surface area contributed by atoms with Gasteiger partial charge in [-0.3, -0.25) is 10.1 Å². The van der Waals surface area contributed by atoms with Gasteiger partial charge in [-0.2, -0.15) is 0 Å². The Kier molecular flexibility index (Phi) is 3.42. The number of carbonyl (C=O) groups excluding carboxylic acids is 2. The van der Waals surface area contributed by atoms with Crippen molar-refractivity contribution < 1.29 is 9.59 Å². The van der Waals surface area contributed by atoms with Gasteiger partial charge in [-0.1, -0.05) is 6.92 Å². The molecule has 0 aliphatic heterocycles. The maximum atomic E-state index is 10.6.